The number of nitrogens with one attached hydrogen (secondary N) is 1. The minimum atomic E-state index is -0.246. The summed E-state index contributed by atoms with van der Waals surface area (Å²) in [5.74, 6) is 1.34. The monoisotopic (exact) mass is 286 g/mol. The van der Waals surface area contributed by atoms with E-state index >= 15 is 0 Å². The van der Waals surface area contributed by atoms with Gasteiger partial charge >= 0.3 is 0 Å². The number of benzene rings is 1. The Morgan fingerprint density at radius 2 is 2.24 bits per heavy atom. The lowest BCUT2D eigenvalue weighted by atomic mass is 9.89. The molecule has 1 atom stereocenters. The number of anilines is 1. The molecule has 0 aliphatic heterocycles. The third-order valence-electron chi connectivity index (χ3n) is 3.87. The molecule has 0 spiro atoms. The number of ether oxygens (including phenoxy) is 1. The van der Waals surface area contributed by atoms with E-state index in [0.29, 0.717) is 23.1 Å². The molecule has 1 aliphatic rings. The van der Waals surface area contributed by atoms with Gasteiger partial charge in [-0.05, 0) is 37.3 Å². The van der Waals surface area contributed by atoms with E-state index in [-0.39, 0.29) is 5.91 Å². The molecule has 1 aromatic heterocycles. The average molecular weight is 286 g/mol. The highest BCUT2D eigenvalue weighted by atomic mass is 16.5. The van der Waals surface area contributed by atoms with Gasteiger partial charge in [-0.15, -0.1) is 0 Å². The molecule has 1 unspecified atom stereocenters. The highest BCUT2D eigenvalue weighted by Crippen LogP contribution is 2.31. The summed E-state index contributed by atoms with van der Waals surface area (Å²) in [5, 5.41) is 6.87. The first-order chi connectivity index (χ1) is 10.2. The predicted molar refractivity (Wildman–Crippen MR) is 78.6 cm³/mol. The Bertz CT molecular complexity index is 663. The molecule has 0 fully saturated rings. The van der Waals surface area contributed by atoms with Gasteiger partial charge in [0.25, 0.3) is 5.91 Å². The Hall–Kier alpha value is -2.30. The molecule has 0 saturated heterocycles. The molecule has 1 aromatic carbocycles. The van der Waals surface area contributed by atoms with Crippen molar-refractivity contribution in [1.82, 2.24) is 5.16 Å². The second-order valence-corrected chi connectivity index (χ2v) is 5.44. The summed E-state index contributed by atoms with van der Waals surface area (Å²) in [6.07, 6.45) is 2.91. The maximum absolute atomic E-state index is 12.4. The van der Waals surface area contributed by atoms with Crippen molar-refractivity contribution in [2.45, 2.75) is 26.2 Å². The number of hydrogen-bond acceptors (Lipinski definition) is 4. The lowest BCUT2D eigenvalue weighted by Gasteiger charge is -2.16. The molecule has 1 aliphatic carbocycles. The third-order valence-corrected chi connectivity index (χ3v) is 3.87. The van der Waals surface area contributed by atoms with Gasteiger partial charge in [0.2, 0.25) is 5.88 Å². The van der Waals surface area contributed by atoms with Crippen LogP contribution in [0.25, 0.3) is 0 Å². The average Bonchev–Trinajstić information content (AvgIpc) is 2.89. The maximum Gasteiger partial charge on any atom is 0.261 e. The molecule has 0 radical (unpaired) electrons. The third kappa shape index (κ3) is 2.63. The first-order valence-corrected chi connectivity index (χ1v) is 7.11. The van der Waals surface area contributed by atoms with Gasteiger partial charge in [-0.1, -0.05) is 24.2 Å². The topological polar surface area (TPSA) is 64.4 Å². The summed E-state index contributed by atoms with van der Waals surface area (Å²) in [4.78, 5) is 12.4. The number of fused-ring (bicyclic) bond motifs is 1. The predicted octanol–water partition coefficient (Wildman–Crippen LogP) is 3.06. The number of rotatable bonds is 3. The van der Waals surface area contributed by atoms with Crippen LogP contribution in [0.5, 0.6) is 5.75 Å². The van der Waals surface area contributed by atoms with E-state index in [2.05, 4.69) is 17.4 Å². The Balaban J connectivity index is 1.84. The van der Waals surface area contributed by atoms with Crippen LogP contribution in [-0.2, 0) is 12.8 Å². The largest absolute Gasteiger partial charge is 0.496 e. The minimum Gasteiger partial charge on any atom is -0.496 e. The van der Waals surface area contributed by atoms with Gasteiger partial charge in [0, 0.05) is 5.56 Å². The Morgan fingerprint density at radius 3 is 3.05 bits per heavy atom. The van der Waals surface area contributed by atoms with Crippen molar-refractivity contribution in [2.24, 2.45) is 5.92 Å². The Labute approximate surface area is 123 Å². The molecule has 2 aromatic rings. The fourth-order valence-electron chi connectivity index (χ4n) is 2.68. The number of carbonyl (C=O) groups is 1. The van der Waals surface area contributed by atoms with Crippen LogP contribution >= 0.6 is 0 Å². The van der Waals surface area contributed by atoms with E-state index in [1.807, 2.05) is 6.07 Å². The van der Waals surface area contributed by atoms with Crippen molar-refractivity contribution in [3.05, 3.63) is 41.1 Å². The van der Waals surface area contributed by atoms with Crippen LogP contribution in [-0.4, -0.2) is 18.2 Å². The summed E-state index contributed by atoms with van der Waals surface area (Å²) in [6, 6.07) is 7.11. The zero-order valence-corrected chi connectivity index (χ0v) is 12.2. The van der Waals surface area contributed by atoms with Crippen molar-refractivity contribution >= 4 is 11.8 Å². The highest BCUT2D eigenvalue weighted by Gasteiger charge is 2.25. The molecule has 5 heteroatoms. The van der Waals surface area contributed by atoms with Crippen LogP contribution in [0.1, 0.15) is 35.0 Å². The summed E-state index contributed by atoms with van der Waals surface area (Å²) < 4.78 is 10.5. The highest BCUT2D eigenvalue weighted by molar-refractivity contribution is 6.05. The standard InChI is InChI=1S/C16H18N2O3/c1-10-7-8-13-12(9-10)16(21-18-13)17-15(19)11-5-3-4-6-14(11)20-2/h3-6,10H,7-9H2,1-2H3,(H,17,19). The molecular formula is C16H18N2O3. The summed E-state index contributed by atoms with van der Waals surface area (Å²) >= 11 is 0. The zero-order chi connectivity index (χ0) is 14.8. The fraction of sp³-hybridized carbons (Fsp3) is 0.375. The number of nitrogens with zero attached hydrogens (tertiary/aromatic N) is 1. The maximum atomic E-state index is 12.4. The van der Waals surface area contributed by atoms with Gasteiger partial charge in [0.1, 0.15) is 5.75 Å². The number of aromatic nitrogens is 1. The normalized spacial score (nSPS) is 17.1. The lowest BCUT2D eigenvalue weighted by molar-refractivity contribution is 0.102. The van der Waals surface area contributed by atoms with Gasteiger partial charge in [-0.2, -0.15) is 0 Å². The molecule has 0 bridgehead atoms. The van der Waals surface area contributed by atoms with Crippen LogP contribution in [0.4, 0.5) is 5.88 Å². The molecule has 1 N–H and O–H groups in total. The summed E-state index contributed by atoms with van der Waals surface area (Å²) in [6.45, 7) is 2.20. The summed E-state index contributed by atoms with van der Waals surface area (Å²) in [5.41, 5.74) is 2.47. The first-order valence-electron chi connectivity index (χ1n) is 7.11. The second-order valence-electron chi connectivity index (χ2n) is 5.44. The van der Waals surface area contributed by atoms with Crippen LogP contribution in [0, 0.1) is 5.92 Å². The molecular weight excluding hydrogens is 268 g/mol. The van der Waals surface area contributed by atoms with Crippen LogP contribution in [0.2, 0.25) is 0 Å². The molecule has 5 nitrogen and oxygen atoms in total. The quantitative estimate of drug-likeness (QED) is 0.941. The van der Waals surface area contributed by atoms with E-state index in [9.17, 15) is 4.79 Å². The van der Waals surface area contributed by atoms with Crippen molar-refractivity contribution < 1.29 is 14.1 Å². The van der Waals surface area contributed by atoms with Crippen molar-refractivity contribution in [1.29, 1.82) is 0 Å². The van der Waals surface area contributed by atoms with Crippen LogP contribution < -0.4 is 10.1 Å². The minimum absolute atomic E-state index is 0.246. The van der Waals surface area contributed by atoms with E-state index < -0.39 is 0 Å². The van der Waals surface area contributed by atoms with Gasteiger partial charge in [-0.3, -0.25) is 10.1 Å². The smallest absolute Gasteiger partial charge is 0.261 e. The van der Waals surface area contributed by atoms with Gasteiger partial charge in [-0.25, -0.2) is 0 Å². The van der Waals surface area contributed by atoms with E-state index in [1.54, 1.807) is 25.3 Å². The zero-order valence-electron chi connectivity index (χ0n) is 12.2. The van der Waals surface area contributed by atoms with Gasteiger partial charge in [0.05, 0.1) is 18.4 Å². The number of methoxy groups -OCH3 is 1. The van der Waals surface area contributed by atoms with Crippen molar-refractivity contribution in [3.63, 3.8) is 0 Å². The fourth-order valence-corrected chi connectivity index (χ4v) is 2.68. The summed E-state index contributed by atoms with van der Waals surface area (Å²) in [7, 11) is 1.55. The molecule has 0 saturated carbocycles. The molecule has 1 heterocycles. The SMILES string of the molecule is COc1ccccc1C(=O)Nc1onc2c1CC(C)CC2. The van der Waals surface area contributed by atoms with E-state index in [0.717, 1.165) is 30.5 Å². The Kier molecular flexibility index (Phi) is 3.64. The number of hydrogen-bond donors (Lipinski definition) is 1. The van der Waals surface area contributed by atoms with E-state index in [1.165, 1.54) is 0 Å². The van der Waals surface area contributed by atoms with Crippen molar-refractivity contribution in [3.8, 4) is 5.75 Å². The number of carbonyl (C=O) groups excluding carboxylic acids is 1. The molecule has 3 rings (SSSR count). The second kappa shape index (κ2) is 5.60. The van der Waals surface area contributed by atoms with E-state index in [4.69, 9.17) is 9.26 Å². The molecule has 110 valence electrons. The first kappa shape index (κ1) is 13.7. The lowest BCUT2D eigenvalue weighted by Crippen LogP contribution is -2.16. The van der Waals surface area contributed by atoms with Crippen molar-refractivity contribution in [2.75, 3.05) is 12.4 Å². The molecule has 1 amide bonds. The number of para-hydroxylation sites is 1. The van der Waals surface area contributed by atoms with Gasteiger partial charge < -0.3 is 9.26 Å². The van der Waals surface area contributed by atoms with Crippen LogP contribution in [0.15, 0.2) is 28.8 Å². The molecule has 21 heavy (non-hydrogen) atoms. The van der Waals surface area contributed by atoms with Gasteiger partial charge in [0.15, 0.2) is 0 Å². The van der Waals surface area contributed by atoms with Crippen LogP contribution in [0.3, 0.4) is 0 Å². The number of aryl methyl sites for hydroxylation is 1. The Morgan fingerprint density at radius 1 is 1.43 bits per heavy atom. The number of amides is 1.